The van der Waals surface area contributed by atoms with Gasteiger partial charge in [0.2, 0.25) is 0 Å². The van der Waals surface area contributed by atoms with Crippen LogP contribution < -0.4 is 5.32 Å². The molecule has 1 rings (SSSR count). The Morgan fingerprint density at radius 1 is 0.933 bits per heavy atom. The fraction of sp³-hybridized carbons (Fsp3) is 0.111. The van der Waals surface area contributed by atoms with Crippen molar-refractivity contribution in [2.45, 2.75) is 0 Å². The zero-order chi connectivity index (χ0) is 11.6. The molecule has 1 aromatic carbocycles. The Labute approximate surface area is 106 Å². The molecule has 1 nitrogen and oxygen atoms in total. The Morgan fingerprint density at radius 3 is 1.87 bits per heavy atom. The van der Waals surface area contributed by atoms with E-state index in [-0.39, 0.29) is 9.26 Å². The van der Waals surface area contributed by atoms with Crippen molar-refractivity contribution in [2.24, 2.45) is 0 Å². The summed E-state index contributed by atoms with van der Waals surface area (Å²) in [6.45, 7) is 0. The molecule has 15 heavy (non-hydrogen) atoms. The molecule has 0 atom stereocenters. The van der Waals surface area contributed by atoms with Crippen LogP contribution in [0.5, 0.6) is 0 Å². The fourth-order valence-electron chi connectivity index (χ4n) is 1.07. The molecule has 0 amide bonds. The minimum Gasteiger partial charge on any atom is -0.385 e. The van der Waals surface area contributed by atoms with E-state index in [1.54, 1.807) is 0 Å². The summed E-state index contributed by atoms with van der Waals surface area (Å²) in [5, 5.41) is 2.55. The highest BCUT2D eigenvalue weighted by Gasteiger charge is 2.21. The molecule has 0 saturated carbocycles. The average molecular weight is 441 g/mol. The first-order chi connectivity index (χ1) is 7.08. The fourth-order valence-corrected chi connectivity index (χ4v) is 5.64. The van der Waals surface area contributed by atoms with Gasteiger partial charge in [-0.2, -0.15) is 0 Å². The third-order valence-electron chi connectivity index (χ3n) is 1.73. The summed E-state index contributed by atoms with van der Waals surface area (Å²) in [5.74, 6) is -3.67. The van der Waals surface area contributed by atoms with Crippen molar-refractivity contribution in [3.8, 4) is 0 Å². The second-order valence-corrected chi connectivity index (χ2v) is 6.15. The standard InChI is InChI=1S/C9H8F3I2N/c1-13-7-5(11)4(10)6(12)9(15-3)8(7)14-2/h15H,1-2H2,3H3. The third kappa shape index (κ3) is 2.24. The van der Waals surface area contributed by atoms with E-state index in [9.17, 15) is 13.2 Å². The number of benzene rings is 1. The Hall–Kier alpha value is 0.01000. The molecule has 0 radical (unpaired) electrons. The van der Waals surface area contributed by atoms with Gasteiger partial charge < -0.3 is 5.32 Å². The van der Waals surface area contributed by atoms with E-state index in [0.29, 0.717) is 3.57 Å². The molecule has 1 aromatic rings. The minimum absolute atomic E-state index is 0.0371. The second-order valence-electron chi connectivity index (χ2n) is 2.46. The quantitative estimate of drug-likeness (QED) is 0.432. The van der Waals surface area contributed by atoms with Gasteiger partial charge in [-0.05, 0) is 0 Å². The number of hydrogen-bond donors (Lipinski definition) is 1. The van der Waals surface area contributed by atoms with Crippen LogP contribution in [0.1, 0.15) is 0 Å². The van der Waals surface area contributed by atoms with Gasteiger partial charge in [-0.15, -0.1) is 0 Å². The van der Waals surface area contributed by atoms with Crippen molar-refractivity contribution >= 4 is 56.2 Å². The largest absolute Gasteiger partial charge is 0.385 e. The average Bonchev–Trinajstić information content (AvgIpc) is 2.25. The minimum atomic E-state index is -1.42. The predicted molar refractivity (Wildman–Crippen MR) is 75.5 cm³/mol. The lowest BCUT2D eigenvalue weighted by Crippen LogP contribution is -2.05. The van der Waals surface area contributed by atoms with E-state index >= 15 is 0 Å². The van der Waals surface area contributed by atoms with E-state index in [2.05, 4.69) is 14.3 Å². The van der Waals surface area contributed by atoms with Gasteiger partial charge in [0.25, 0.3) is 0 Å². The van der Waals surface area contributed by atoms with E-state index in [1.807, 2.05) is 0 Å². The lowest BCUT2D eigenvalue weighted by Gasteiger charge is -2.11. The molecule has 0 unspecified atom stereocenters. The normalized spacial score (nSPS) is 10.4. The highest BCUT2D eigenvalue weighted by atomic mass is 127. The van der Waals surface area contributed by atoms with E-state index in [1.165, 1.54) is 7.05 Å². The van der Waals surface area contributed by atoms with Crippen LogP contribution in [-0.2, 0) is 0 Å². The number of nitrogens with one attached hydrogen (secondary N) is 1. The molecule has 0 aromatic heterocycles. The van der Waals surface area contributed by atoms with Gasteiger partial charge in [0.05, 0.1) is 9.26 Å². The Balaban J connectivity index is 3.74. The summed E-state index contributed by atoms with van der Waals surface area (Å²) in [6, 6.07) is 0. The molecule has 0 aliphatic rings. The van der Waals surface area contributed by atoms with Crippen molar-refractivity contribution in [1.82, 2.24) is 0 Å². The maximum absolute atomic E-state index is 13.4. The van der Waals surface area contributed by atoms with Crippen LogP contribution in [0.15, 0.2) is 0 Å². The maximum atomic E-state index is 13.4. The topological polar surface area (TPSA) is 12.0 Å². The lowest BCUT2D eigenvalue weighted by atomic mass is 10.3. The summed E-state index contributed by atoms with van der Waals surface area (Å²) in [6.07, 6.45) is 0. The van der Waals surface area contributed by atoms with Crippen molar-refractivity contribution in [2.75, 3.05) is 12.4 Å². The van der Waals surface area contributed by atoms with Crippen LogP contribution in [-0.4, -0.2) is 16.1 Å². The SMILES string of the molecule is C=Ic1c(F)c(F)c(F)c(NC)c1I=C. The third-order valence-corrected chi connectivity index (χ3v) is 6.38. The number of rotatable bonds is 3. The van der Waals surface area contributed by atoms with E-state index in [4.69, 9.17) is 0 Å². The lowest BCUT2D eigenvalue weighted by molar-refractivity contribution is 0.444. The van der Waals surface area contributed by atoms with Crippen LogP contribution >= 0.6 is 41.5 Å². The second kappa shape index (κ2) is 5.37. The summed E-state index contributed by atoms with van der Waals surface area (Å²) in [4.78, 5) is 0. The first kappa shape index (κ1) is 13.1. The smallest absolute Gasteiger partial charge is 0.197 e. The van der Waals surface area contributed by atoms with Crippen LogP contribution in [0, 0.1) is 24.6 Å². The Morgan fingerprint density at radius 2 is 1.47 bits per heavy atom. The molecule has 0 aliphatic carbocycles. The van der Waals surface area contributed by atoms with Gasteiger partial charge >= 0.3 is 0 Å². The Kier molecular flexibility index (Phi) is 4.68. The van der Waals surface area contributed by atoms with Crippen molar-refractivity contribution in [3.63, 3.8) is 0 Å². The van der Waals surface area contributed by atoms with Crippen LogP contribution in [0.3, 0.4) is 0 Å². The van der Waals surface area contributed by atoms with Gasteiger partial charge in [-0.1, -0.05) is 50.5 Å². The number of halogens is 5. The highest BCUT2D eigenvalue weighted by Crippen LogP contribution is 2.34. The monoisotopic (exact) mass is 441 g/mol. The summed E-state index contributed by atoms with van der Waals surface area (Å²) in [5.41, 5.74) is 0.0371. The molecule has 0 aliphatic heterocycles. The van der Waals surface area contributed by atoms with Gasteiger partial charge in [-0.25, -0.2) is 13.2 Å². The van der Waals surface area contributed by atoms with Crippen LogP contribution in [0.25, 0.3) is 0 Å². The zero-order valence-corrected chi connectivity index (χ0v) is 12.1. The molecule has 0 bridgehead atoms. The molecule has 0 spiro atoms. The van der Waals surface area contributed by atoms with Crippen LogP contribution in [0.2, 0.25) is 0 Å². The predicted octanol–water partition coefficient (Wildman–Crippen LogP) is 3.29. The zero-order valence-electron chi connectivity index (χ0n) is 7.80. The molecule has 0 fully saturated rings. The number of anilines is 1. The van der Waals surface area contributed by atoms with Crippen molar-refractivity contribution in [1.29, 1.82) is 0 Å². The molecule has 84 valence electrons. The first-order valence-corrected chi connectivity index (χ1v) is 8.94. The summed E-state index contributed by atoms with van der Waals surface area (Å²) in [7, 11) is 1.48. The Bertz CT molecular complexity index is 432. The van der Waals surface area contributed by atoms with Gasteiger partial charge in [0, 0.05) is 10.6 Å². The van der Waals surface area contributed by atoms with E-state index < -0.39 is 58.9 Å². The molecule has 6 heteroatoms. The van der Waals surface area contributed by atoms with Gasteiger partial charge in [0.15, 0.2) is 17.5 Å². The molecule has 0 saturated heterocycles. The number of hydrogen-bond acceptors (Lipinski definition) is 1. The van der Waals surface area contributed by atoms with E-state index in [0.717, 1.165) is 0 Å². The van der Waals surface area contributed by atoms with Gasteiger partial charge in [0.1, 0.15) is 0 Å². The summed E-state index contributed by atoms with van der Waals surface area (Å²) >= 11 is -1.64. The highest BCUT2D eigenvalue weighted by molar-refractivity contribution is 14.2. The maximum Gasteiger partial charge on any atom is 0.197 e. The summed E-state index contributed by atoms with van der Waals surface area (Å²) < 4.78 is 47.9. The molecule has 0 heterocycles. The van der Waals surface area contributed by atoms with Gasteiger partial charge in [-0.3, -0.25) is 0 Å². The van der Waals surface area contributed by atoms with Crippen molar-refractivity contribution < 1.29 is 13.2 Å². The van der Waals surface area contributed by atoms with Crippen molar-refractivity contribution in [3.05, 3.63) is 24.6 Å². The molecule has 1 N–H and O–H groups in total. The molecular formula is C9H8F3I2N. The molecular weight excluding hydrogens is 433 g/mol. The first-order valence-electron chi connectivity index (χ1n) is 3.73. The van der Waals surface area contributed by atoms with Crippen LogP contribution in [0.4, 0.5) is 18.9 Å².